The zero-order valence-corrected chi connectivity index (χ0v) is 10.6. The normalized spacial score (nSPS) is 10.6. The summed E-state index contributed by atoms with van der Waals surface area (Å²) < 4.78 is 4.64. The van der Waals surface area contributed by atoms with Crippen LogP contribution < -0.4 is 4.90 Å². The molecule has 0 saturated carbocycles. The van der Waals surface area contributed by atoms with E-state index in [2.05, 4.69) is 14.7 Å². The minimum atomic E-state index is -0.204. The van der Waals surface area contributed by atoms with Gasteiger partial charge in [0, 0.05) is 13.1 Å². The fraction of sp³-hybridized carbons (Fsp3) is 0.385. The Morgan fingerprint density at radius 3 is 2.89 bits per heavy atom. The number of rotatable bonds is 5. The highest BCUT2D eigenvalue weighted by atomic mass is 16.5. The van der Waals surface area contributed by atoms with Crippen molar-refractivity contribution in [1.82, 2.24) is 9.97 Å². The molecule has 1 heterocycles. The van der Waals surface area contributed by atoms with Gasteiger partial charge in [0.15, 0.2) is 0 Å². The molecule has 1 aromatic heterocycles. The third-order valence-corrected chi connectivity index (χ3v) is 2.87. The van der Waals surface area contributed by atoms with E-state index in [0.717, 1.165) is 23.5 Å². The van der Waals surface area contributed by atoms with Gasteiger partial charge >= 0.3 is 5.97 Å². The van der Waals surface area contributed by atoms with Gasteiger partial charge in [-0.25, -0.2) is 4.98 Å². The first-order valence-corrected chi connectivity index (χ1v) is 6.01. The number of carbonyl (C=O) groups is 1. The van der Waals surface area contributed by atoms with Crippen LogP contribution >= 0.6 is 0 Å². The summed E-state index contributed by atoms with van der Waals surface area (Å²) in [6.45, 7) is 3.42. The summed E-state index contributed by atoms with van der Waals surface area (Å²) in [5.74, 6) is 0.590. The number of H-pyrrole nitrogens is 1. The van der Waals surface area contributed by atoms with E-state index in [1.165, 1.54) is 7.11 Å². The summed E-state index contributed by atoms with van der Waals surface area (Å²) in [5.41, 5.74) is 1.94. The fourth-order valence-electron chi connectivity index (χ4n) is 1.83. The Bertz CT molecular complexity index is 503. The van der Waals surface area contributed by atoms with Crippen molar-refractivity contribution in [2.45, 2.75) is 13.3 Å². The molecule has 0 spiro atoms. The molecule has 0 saturated heterocycles. The van der Waals surface area contributed by atoms with E-state index in [4.69, 9.17) is 0 Å². The van der Waals surface area contributed by atoms with Crippen LogP contribution in [0, 0.1) is 0 Å². The number of carbonyl (C=O) groups excluding carboxylic acids is 1. The van der Waals surface area contributed by atoms with Gasteiger partial charge in [0.2, 0.25) is 5.95 Å². The van der Waals surface area contributed by atoms with Gasteiger partial charge in [-0.15, -0.1) is 0 Å². The van der Waals surface area contributed by atoms with Crippen molar-refractivity contribution >= 4 is 23.0 Å². The van der Waals surface area contributed by atoms with Crippen LogP contribution in [0.15, 0.2) is 24.3 Å². The molecule has 0 aliphatic rings. The predicted molar refractivity (Wildman–Crippen MR) is 70.6 cm³/mol. The number of esters is 1. The van der Waals surface area contributed by atoms with Crippen LogP contribution in [0.25, 0.3) is 11.0 Å². The van der Waals surface area contributed by atoms with Gasteiger partial charge in [0.05, 0.1) is 24.6 Å². The summed E-state index contributed by atoms with van der Waals surface area (Å²) in [7, 11) is 1.40. The quantitative estimate of drug-likeness (QED) is 0.820. The topological polar surface area (TPSA) is 58.2 Å². The Hall–Kier alpha value is -2.04. The van der Waals surface area contributed by atoms with Crippen LogP contribution in [0.1, 0.15) is 13.3 Å². The zero-order valence-electron chi connectivity index (χ0n) is 10.6. The summed E-state index contributed by atoms with van der Waals surface area (Å²) in [6.07, 6.45) is 0.362. The van der Waals surface area contributed by atoms with E-state index in [-0.39, 0.29) is 5.97 Å². The van der Waals surface area contributed by atoms with Gasteiger partial charge in [-0.2, -0.15) is 0 Å². The van der Waals surface area contributed by atoms with Gasteiger partial charge in [-0.3, -0.25) is 4.79 Å². The molecule has 0 aliphatic carbocycles. The number of aromatic amines is 1. The lowest BCUT2D eigenvalue weighted by atomic mass is 10.3. The standard InChI is InChI=1S/C13H17N3O2/c1-3-16(9-8-12(17)18-2)13-14-10-6-4-5-7-11(10)15-13/h4-7H,3,8-9H2,1-2H3,(H,14,15). The van der Waals surface area contributed by atoms with Crippen molar-refractivity contribution in [3.8, 4) is 0 Å². The average molecular weight is 247 g/mol. The molecule has 1 aromatic carbocycles. The van der Waals surface area contributed by atoms with E-state index in [1.807, 2.05) is 36.1 Å². The van der Waals surface area contributed by atoms with E-state index < -0.39 is 0 Å². The van der Waals surface area contributed by atoms with Gasteiger partial charge < -0.3 is 14.6 Å². The largest absolute Gasteiger partial charge is 0.469 e. The van der Waals surface area contributed by atoms with E-state index >= 15 is 0 Å². The molecule has 96 valence electrons. The number of methoxy groups -OCH3 is 1. The highest BCUT2D eigenvalue weighted by Crippen LogP contribution is 2.16. The summed E-state index contributed by atoms with van der Waals surface area (Å²) in [5, 5.41) is 0. The number of hydrogen-bond acceptors (Lipinski definition) is 4. The first-order valence-electron chi connectivity index (χ1n) is 6.01. The minimum Gasteiger partial charge on any atom is -0.469 e. The molecule has 1 N–H and O–H groups in total. The Labute approximate surface area is 106 Å². The van der Waals surface area contributed by atoms with Crippen LogP contribution in [0.4, 0.5) is 5.95 Å². The van der Waals surface area contributed by atoms with E-state index in [9.17, 15) is 4.79 Å². The number of ether oxygens (including phenoxy) is 1. The van der Waals surface area contributed by atoms with Gasteiger partial charge in [-0.1, -0.05) is 12.1 Å². The molecule has 0 aliphatic heterocycles. The van der Waals surface area contributed by atoms with Crippen LogP contribution in [-0.4, -0.2) is 36.1 Å². The molecule has 0 atom stereocenters. The number of hydrogen-bond donors (Lipinski definition) is 1. The molecule has 5 nitrogen and oxygen atoms in total. The molecule has 0 radical (unpaired) electrons. The number of nitrogens with one attached hydrogen (secondary N) is 1. The lowest BCUT2D eigenvalue weighted by Gasteiger charge is -2.18. The summed E-state index contributed by atoms with van der Waals surface area (Å²) in [6, 6.07) is 7.87. The number of aromatic nitrogens is 2. The van der Waals surface area contributed by atoms with Crippen molar-refractivity contribution in [3.63, 3.8) is 0 Å². The van der Waals surface area contributed by atoms with Crippen molar-refractivity contribution in [2.75, 3.05) is 25.1 Å². The highest BCUT2D eigenvalue weighted by Gasteiger charge is 2.11. The maximum atomic E-state index is 11.2. The van der Waals surface area contributed by atoms with Crippen molar-refractivity contribution in [2.24, 2.45) is 0 Å². The van der Waals surface area contributed by atoms with Crippen LogP contribution in [-0.2, 0) is 9.53 Å². The first-order chi connectivity index (χ1) is 8.74. The molecule has 2 rings (SSSR count). The second kappa shape index (κ2) is 5.53. The molecule has 5 heteroatoms. The van der Waals surface area contributed by atoms with Crippen LogP contribution in [0.3, 0.4) is 0 Å². The Morgan fingerprint density at radius 2 is 2.22 bits per heavy atom. The molecule has 0 unspecified atom stereocenters. The number of benzene rings is 1. The maximum absolute atomic E-state index is 11.2. The van der Waals surface area contributed by atoms with Crippen molar-refractivity contribution < 1.29 is 9.53 Å². The number of nitrogens with zero attached hydrogens (tertiary/aromatic N) is 2. The van der Waals surface area contributed by atoms with Crippen LogP contribution in [0.5, 0.6) is 0 Å². The number of fused-ring (bicyclic) bond motifs is 1. The van der Waals surface area contributed by atoms with Crippen molar-refractivity contribution in [1.29, 1.82) is 0 Å². The fourth-order valence-corrected chi connectivity index (χ4v) is 1.83. The monoisotopic (exact) mass is 247 g/mol. The lowest BCUT2D eigenvalue weighted by molar-refractivity contribution is -0.140. The molecule has 2 aromatic rings. The molecule has 0 amide bonds. The summed E-state index contributed by atoms with van der Waals surface area (Å²) >= 11 is 0. The van der Waals surface area contributed by atoms with Crippen LogP contribution in [0.2, 0.25) is 0 Å². The van der Waals surface area contributed by atoms with Crippen molar-refractivity contribution in [3.05, 3.63) is 24.3 Å². The number of anilines is 1. The SMILES string of the molecule is CCN(CCC(=O)OC)c1nc2ccccc2[nH]1. The maximum Gasteiger partial charge on any atom is 0.307 e. The molecule has 0 fully saturated rings. The van der Waals surface area contributed by atoms with Gasteiger partial charge in [0.1, 0.15) is 0 Å². The highest BCUT2D eigenvalue weighted by molar-refractivity contribution is 5.77. The summed E-state index contributed by atoms with van der Waals surface area (Å²) in [4.78, 5) is 20.9. The predicted octanol–water partition coefficient (Wildman–Crippen LogP) is 1.95. The minimum absolute atomic E-state index is 0.204. The molecular weight excluding hydrogens is 230 g/mol. The van der Waals surface area contributed by atoms with Gasteiger partial charge in [0.25, 0.3) is 0 Å². The number of para-hydroxylation sites is 2. The second-order valence-electron chi connectivity index (χ2n) is 3.98. The Balaban J connectivity index is 2.14. The zero-order chi connectivity index (χ0) is 13.0. The molecule has 18 heavy (non-hydrogen) atoms. The van der Waals surface area contributed by atoms with E-state index in [1.54, 1.807) is 0 Å². The Morgan fingerprint density at radius 1 is 1.44 bits per heavy atom. The lowest BCUT2D eigenvalue weighted by Crippen LogP contribution is -2.27. The molecule has 0 bridgehead atoms. The Kier molecular flexibility index (Phi) is 3.82. The van der Waals surface area contributed by atoms with E-state index in [0.29, 0.717) is 13.0 Å². The number of imidazole rings is 1. The molecular formula is C13H17N3O2. The third-order valence-electron chi connectivity index (χ3n) is 2.87. The van der Waals surface area contributed by atoms with Gasteiger partial charge in [-0.05, 0) is 19.1 Å². The first kappa shape index (κ1) is 12.4. The average Bonchev–Trinajstić information content (AvgIpc) is 2.82. The third kappa shape index (κ3) is 2.61. The second-order valence-corrected chi connectivity index (χ2v) is 3.98. The smallest absolute Gasteiger partial charge is 0.307 e.